The van der Waals surface area contributed by atoms with Gasteiger partial charge in [-0.05, 0) is 77.0 Å². The van der Waals surface area contributed by atoms with Gasteiger partial charge in [0.15, 0.2) is 6.10 Å². The van der Waals surface area contributed by atoms with Crippen molar-refractivity contribution < 1.29 is 28.6 Å². The monoisotopic (exact) mass is 969 g/mol. The fraction of sp³-hybridized carbons (Fsp3) is 0.857. The maximum atomic E-state index is 12.9. The molecule has 6 nitrogen and oxygen atoms in total. The van der Waals surface area contributed by atoms with Gasteiger partial charge in [0.05, 0.1) is 0 Å². The van der Waals surface area contributed by atoms with Crippen LogP contribution in [0.15, 0.2) is 36.5 Å². The van der Waals surface area contributed by atoms with Gasteiger partial charge in [0.2, 0.25) is 0 Å². The summed E-state index contributed by atoms with van der Waals surface area (Å²) in [6.07, 6.45) is 69.9. The van der Waals surface area contributed by atoms with Crippen LogP contribution in [-0.4, -0.2) is 37.2 Å². The maximum absolute atomic E-state index is 12.9. The topological polar surface area (TPSA) is 78.9 Å². The van der Waals surface area contributed by atoms with E-state index < -0.39 is 6.10 Å². The normalized spacial score (nSPS) is 12.2. The Balaban J connectivity index is 4.33. The van der Waals surface area contributed by atoms with Gasteiger partial charge in [-0.2, -0.15) is 0 Å². The number of hydrogen-bond acceptors (Lipinski definition) is 6. The Morgan fingerprint density at radius 1 is 0.290 bits per heavy atom. The Bertz CT molecular complexity index is 1160. The predicted octanol–water partition coefficient (Wildman–Crippen LogP) is 20.4. The molecule has 404 valence electrons. The number of ether oxygens (including phenoxy) is 3. The molecular formula is C63H116O6. The molecule has 0 fully saturated rings. The Morgan fingerprint density at radius 2 is 0.522 bits per heavy atom. The first-order valence-corrected chi connectivity index (χ1v) is 30.5. The lowest BCUT2D eigenvalue weighted by Gasteiger charge is -2.18. The summed E-state index contributed by atoms with van der Waals surface area (Å²) in [4.78, 5) is 38.2. The van der Waals surface area contributed by atoms with Crippen molar-refractivity contribution >= 4 is 17.9 Å². The highest BCUT2D eigenvalue weighted by molar-refractivity contribution is 5.71. The van der Waals surface area contributed by atoms with Gasteiger partial charge in [-0.1, -0.05) is 269 Å². The molecule has 1 atom stereocenters. The van der Waals surface area contributed by atoms with Crippen LogP contribution in [-0.2, 0) is 28.6 Å². The van der Waals surface area contributed by atoms with Crippen molar-refractivity contribution in [3.05, 3.63) is 36.5 Å². The van der Waals surface area contributed by atoms with Crippen LogP contribution < -0.4 is 0 Å². The molecule has 0 N–H and O–H groups in total. The van der Waals surface area contributed by atoms with E-state index in [0.29, 0.717) is 19.3 Å². The molecule has 0 aliphatic heterocycles. The quantitative estimate of drug-likeness (QED) is 0.0261. The van der Waals surface area contributed by atoms with Crippen molar-refractivity contribution in [1.82, 2.24) is 0 Å². The number of allylic oxidation sites excluding steroid dienone is 6. The first-order valence-electron chi connectivity index (χ1n) is 30.5. The zero-order valence-corrected chi connectivity index (χ0v) is 46.3. The SMILES string of the molecule is CCCCC/C=C\C/C=C\CCCCCCCCCCCC(=O)OC[C@H](COC(=O)CCCCCCCCC/C=C\CCCCCCCC)OC(=O)CCCCCCCCCCCCCCCCC. The molecule has 0 aromatic heterocycles. The molecule has 0 heterocycles. The largest absolute Gasteiger partial charge is 0.462 e. The second-order valence-electron chi connectivity index (χ2n) is 20.6. The third-order valence-electron chi connectivity index (χ3n) is 13.6. The van der Waals surface area contributed by atoms with E-state index in [4.69, 9.17) is 14.2 Å². The molecule has 0 amide bonds. The number of rotatable bonds is 56. The van der Waals surface area contributed by atoms with Crippen LogP contribution in [0.5, 0.6) is 0 Å². The van der Waals surface area contributed by atoms with Crippen LogP contribution in [0, 0.1) is 0 Å². The first-order chi connectivity index (χ1) is 34.0. The summed E-state index contributed by atoms with van der Waals surface area (Å²) >= 11 is 0. The van der Waals surface area contributed by atoms with Gasteiger partial charge in [-0.15, -0.1) is 0 Å². The number of hydrogen-bond donors (Lipinski definition) is 0. The van der Waals surface area contributed by atoms with E-state index in [0.717, 1.165) is 64.2 Å². The fourth-order valence-corrected chi connectivity index (χ4v) is 9.00. The number of carbonyl (C=O) groups is 3. The molecule has 0 spiro atoms. The Labute approximate surface area is 429 Å². The van der Waals surface area contributed by atoms with Crippen molar-refractivity contribution in [2.75, 3.05) is 13.2 Å². The zero-order chi connectivity index (χ0) is 50.0. The molecule has 0 bridgehead atoms. The third kappa shape index (κ3) is 56.4. The molecule has 0 aliphatic carbocycles. The van der Waals surface area contributed by atoms with Gasteiger partial charge in [-0.3, -0.25) is 14.4 Å². The van der Waals surface area contributed by atoms with Crippen molar-refractivity contribution in [3.63, 3.8) is 0 Å². The highest BCUT2D eigenvalue weighted by atomic mass is 16.6. The minimum Gasteiger partial charge on any atom is -0.462 e. The highest BCUT2D eigenvalue weighted by Gasteiger charge is 2.19. The van der Waals surface area contributed by atoms with Crippen LogP contribution in [0.4, 0.5) is 0 Å². The van der Waals surface area contributed by atoms with Crippen molar-refractivity contribution in [2.45, 2.75) is 335 Å². The minimum atomic E-state index is -0.773. The van der Waals surface area contributed by atoms with E-state index in [1.807, 2.05) is 0 Å². The van der Waals surface area contributed by atoms with Crippen molar-refractivity contribution in [2.24, 2.45) is 0 Å². The van der Waals surface area contributed by atoms with Gasteiger partial charge < -0.3 is 14.2 Å². The summed E-state index contributed by atoms with van der Waals surface area (Å²) in [6.45, 7) is 6.65. The molecular weight excluding hydrogens is 853 g/mol. The summed E-state index contributed by atoms with van der Waals surface area (Å²) in [5, 5.41) is 0. The summed E-state index contributed by atoms with van der Waals surface area (Å²) < 4.78 is 16.9. The Morgan fingerprint density at radius 3 is 0.841 bits per heavy atom. The molecule has 6 heteroatoms. The van der Waals surface area contributed by atoms with E-state index >= 15 is 0 Å². The average molecular weight is 970 g/mol. The van der Waals surface area contributed by atoms with E-state index in [1.54, 1.807) is 0 Å². The van der Waals surface area contributed by atoms with Crippen molar-refractivity contribution in [3.8, 4) is 0 Å². The maximum Gasteiger partial charge on any atom is 0.306 e. The average Bonchev–Trinajstić information content (AvgIpc) is 3.35. The molecule has 0 saturated carbocycles. The van der Waals surface area contributed by atoms with Crippen LogP contribution >= 0.6 is 0 Å². The van der Waals surface area contributed by atoms with Gasteiger partial charge >= 0.3 is 17.9 Å². The smallest absolute Gasteiger partial charge is 0.306 e. The number of unbranched alkanes of at least 4 members (excludes halogenated alkanes) is 39. The third-order valence-corrected chi connectivity index (χ3v) is 13.6. The lowest BCUT2D eigenvalue weighted by atomic mass is 10.0. The summed E-state index contributed by atoms with van der Waals surface area (Å²) in [5.41, 5.74) is 0. The highest BCUT2D eigenvalue weighted by Crippen LogP contribution is 2.17. The first kappa shape index (κ1) is 66.6. The van der Waals surface area contributed by atoms with Crippen LogP contribution in [0.3, 0.4) is 0 Å². The second kappa shape index (κ2) is 58.2. The Kier molecular flexibility index (Phi) is 56.2. The summed E-state index contributed by atoms with van der Waals surface area (Å²) in [7, 11) is 0. The molecule has 0 aliphatic rings. The van der Waals surface area contributed by atoms with E-state index in [2.05, 4.69) is 57.2 Å². The van der Waals surface area contributed by atoms with Crippen LogP contribution in [0.2, 0.25) is 0 Å². The molecule has 0 aromatic carbocycles. The molecule has 69 heavy (non-hydrogen) atoms. The van der Waals surface area contributed by atoms with E-state index in [1.165, 1.54) is 225 Å². The predicted molar refractivity (Wildman–Crippen MR) is 298 cm³/mol. The number of carbonyl (C=O) groups excluding carboxylic acids is 3. The van der Waals surface area contributed by atoms with Gasteiger partial charge in [0.25, 0.3) is 0 Å². The van der Waals surface area contributed by atoms with Gasteiger partial charge in [-0.25, -0.2) is 0 Å². The molecule has 0 rings (SSSR count). The summed E-state index contributed by atoms with van der Waals surface area (Å²) in [6, 6.07) is 0. The van der Waals surface area contributed by atoms with E-state index in [9.17, 15) is 14.4 Å². The van der Waals surface area contributed by atoms with Crippen LogP contribution in [0.25, 0.3) is 0 Å². The van der Waals surface area contributed by atoms with Gasteiger partial charge in [0, 0.05) is 19.3 Å². The zero-order valence-electron chi connectivity index (χ0n) is 46.3. The molecule has 0 unspecified atom stereocenters. The number of esters is 3. The van der Waals surface area contributed by atoms with Crippen molar-refractivity contribution in [1.29, 1.82) is 0 Å². The summed E-state index contributed by atoms with van der Waals surface area (Å²) in [5.74, 6) is -0.859. The second-order valence-corrected chi connectivity index (χ2v) is 20.6. The lowest BCUT2D eigenvalue weighted by molar-refractivity contribution is -0.167. The standard InChI is InChI=1S/C63H116O6/c1-4-7-10-13-16-19-22-25-28-30-31-33-36-38-41-44-47-50-53-56-62(65)68-59-60(69-63(66)57-54-51-48-45-42-39-34-27-24-21-18-15-12-9-6-3)58-67-61(64)55-52-49-46-43-40-37-35-32-29-26-23-20-17-14-11-8-5-2/h16,19,25-26,28-29,60H,4-15,17-18,20-24,27,30-59H2,1-3H3/b19-16-,28-25-,29-26-/t60-/m0/s1. The Hall–Kier alpha value is -2.37. The van der Waals surface area contributed by atoms with E-state index in [-0.39, 0.29) is 31.1 Å². The molecule has 0 aromatic rings. The van der Waals surface area contributed by atoms with Crippen LogP contribution in [0.1, 0.15) is 329 Å². The molecule has 0 radical (unpaired) electrons. The minimum absolute atomic E-state index is 0.0718. The fourth-order valence-electron chi connectivity index (χ4n) is 9.00. The molecule has 0 saturated heterocycles. The van der Waals surface area contributed by atoms with Gasteiger partial charge in [0.1, 0.15) is 13.2 Å². The lowest BCUT2D eigenvalue weighted by Crippen LogP contribution is -2.30.